The van der Waals surface area contributed by atoms with Crippen molar-refractivity contribution in [2.45, 2.75) is 44.9 Å². The molecule has 1 amide bonds. The third-order valence-corrected chi connectivity index (χ3v) is 2.69. The molecular weight excluding hydrogens is 252 g/mol. The average molecular weight is 270 g/mol. The number of rotatable bonds is 2. The van der Waals surface area contributed by atoms with Crippen molar-refractivity contribution < 1.29 is 19.1 Å². The van der Waals surface area contributed by atoms with Crippen molar-refractivity contribution in [3.05, 3.63) is 10.4 Å². The summed E-state index contributed by atoms with van der Waals surface area (Å²) in [5.41, 5.74) is 6.31. The second-order valence-electron chi connectivity index (χ2n) is 5.23. The van der Waals surface area contributed by atoms with Gasteiger partial charge in [0, 0.05) is 11.5 Å². The Hall–Kier alpha value is -1.95. The van der Waals surface area contributed by atoms with Crippen molar-refractivity contribution >= 4 is 12.1 Å². The lowest BCUT2D eigenvalue weighted by Crippen LogP contribution is -2.53. The number of azide groups is 1. The summed E-state index contributed by atoms with van der Waals surface area (Å²) in [5.74, 6) is -0.756. The minimum atomic E-state index is -1.63. The topological polar surface area (TPSA) is 105 Å². The molecule has 0 aromatic rings. The minimum absolute atomic E-state index is 0.225. The van der Waals surface area contributed by atoms with E-state index in [0.717, 1.165) is 4.90 Å². The first-order chi connectivity index (χ1) is 8.77. The van der Waals surface area contributed by atoms with Crippen LogP contribution in [0.4, 0.5) is 4.79 Å². The SMILES string of the molecule is COC(=O)C1(N=[N+]=[N-])CCCN1C(=O)OC(C)(C)C. The van der Waals surface area contributed by atoms with E-state index in [0.29, 0.717) is 6.42 Å². The summed E-state index contributed by atoms with van der Waals surface area (Å²) in [5, 5.41) is 3.49. The fraction of sp³-hybridized carbons (Fsp3) is 0.818. The van der Waals surface area contributed by atoms with E-state index in [2.05, 4.69) is 14.8 Å². The van der Waals surface area contributed by atoms with Crippen molar-refractivity contribution in [3.63, 3.8) is 0 Å². The lowest BCUT2D eigenvalue weighted by atomic mass is 10.1. The van der Waals surface area contributed by atoms with E-state index in [9.17, 15) is 9.59 Å². The lowest BCUT2D eigenvalue weighted by Gasteiger charge is -2.33. The van der Waals surface area contributed by atoms with Crippen LogP contribution < -0.4 is 0 Å². The summed E-state index contributed by atoms with van der Waals surface area (Å²) in [6.07, 6.45) is 0.0684. The summed E-state index contributed by atoms with van der Waals surface area (Å²) in [6.45, 7) is 5.43. The Morgan fingerprint density at radius 2 is 2.05 bits per heavy atom. The van der Waals surface area contributed by atoms with Crippen molar-refractivity contribution in [3.8, 4) is 0 Å². The molecule has 1 fully saturated rings. The number of esters is 1. The van der Waals surface area contributed by atoms with E-state index in [1.165, 1.54) is 7.11 Å². The van der Waals surface area contributed by atoms with Gasteiger partial charge < -0.3 is 9.47 Å². The van der Waals surface area contributed by atoms with Crippen LogP contribution >= 0.6 is 0 Å². The number of carbonyl (C=O) groups is 2. The van der Waals surface area contributed by atoms with Crippen molar-refractivity contribution in [1.29, 1.82) is 0 Å². The maximum absolute atomic E-state index is 12.1. The van der Waals surface area contributed by atoms with Crippen LogP contribution in [0.3, 0.4) is 0 Å². The molecule has 0 aromatic heterocycles. The highest BCUT2D eigenvalue weighted by Crippen LogP contribution is 2.33. The molecule has 0 aliphatic carbocycles. The van der Waals surface area contributed by atoms with Gasteiger partial charge in [-0.2, -0.15) is 0 Å². The van der Waals surface area contributed by atoms with E-state index >= 15 is 0 Å². The average Bonchev–Trinajstić information content (AvgIpc) is 2.71. The zero-order valence-electron chi connectivity index (χ0n) is 11.5. The molecular formula is C11H18N4O4. The predicted molar refractivity (Wildman–Crippen MR) is 66.1 cm³/mol. The molecule has 0 aromatic carbocycles. The molecule has 8 heteroatoms. The highest BCUT2D eigenvalue weighted by Gasteiger charge is 2.51. The summed E-state index contributed by atoms with van der Waals surface area (Å²) < 4.78 is 9.86. The molecule has 0 N–H and O–H groups in total. The quantitative estimate of drug-likeness (QED) is 0.332. The van der Waals surface area contributed by atoms with Gasteiger partial charge in [-0.15, -0.1) is 0 Å². The van der Waals surface area contributed by atoms with Gasteiger partial charge in [-0.05, 0) is 39.1 Å². The molecule has 8 nitrogen and oxygen atoms in total. The van der Waals surface area contributed by atoms with Crippen LogP contribution in [-0.2, 0) is 14.3 Å². The second kappa shape index (κ2) is 5.36. The van der Waals surface area contributed by atoms with Gasteiger partial charge in [0.1, 0.15) is 5.60 Å². The Morgan fingerprint density at radius 3 is 2.53 bits per heavy atom. The molecule has 19 heavy (non-hydrogen) atoms. The maximum Gasteiger partial charge on any atom is 0.411 e. The number of hydrogen-bond acceptors (Lipinski definition) is 5. The number of hydrogen-bond donors (Lipinski definition) is 0. The highest BCUT2D eigenvalue weighted by molar-refractivity contribution is 5.86. The van der Waals surface area contributed by atoms with Gasteiger partial charge in [0.25, 0.3) is 0 Å². The van der Waals surface area contributed by atoms with E-state index < -0.39 is 23.3 Å². The van der Waals surface area contributed by atoms with Crippen LogP contribution in [0.1, 0.15) is 33.6 Å². The fourth-order valence-corrected chi connectivity index (χ4v) is 1.96. The molecule has 106 valence electrons. The molecule has 0 saturated carbocycles. The monoisotopic (exact) mass is 270 g/mol. The highest BCUT2D eigenvalue weighted by atomic mass is 16.6. The van der Waals surface area contributed by atoms with Crippen molar-refractivity contribution in [1.82, 2.24) is 4.90 Å². The van der Waals surface area contributed by atoms with Gasteiger partial charge in [-0.3, -0.25) is 4.90 Å². The van der Waals surface area contributed by atoms with Gasteiger partial charge in [-0.25, -0.2) is 9.59 Å². The summed E-state index contributed by atoms with van der Waals surface area (Å²) in [6, 6.07) is 0. The van der Waals surface area contributed by atoms with E-state index in [1.54, 1.807) is 20.8 Å². The number of ether oxygens (including phenoxy) is 2. The largest absolute Gasteiger partial charge is 0.467 e. The molecule has 0 spiro atoms. The third kappa shape index (κ3) is 3.08. The molecule has 1 atom stereocenters. The van der Waals surface area contributed by atoms with Crippen LogP contribution in [0.5, 0.6) is 0 Å². The van der Waals surface area contributed by atoms with Crippen LogP contribution in [-0.4, -0.2) is 41.9 Å². The number of likely N-dealkylation sites (tertiary alicyclic amines) is 1. The first kappa shape index (κ1) is 15.1. The normalized spacial score (nSPS) is 22.6. The molecule has 1 heterocycles. The third-order valence-electron chi connectivity index (χ3n) is 2.69. The van der Waals surface area contributed by atoms with Gasteiger partial charge >= 0.3 is 12.1 Å². The van der Waals surface area contributed by atoms with Crippen LogP contribution in [0.15, 0.2) is 5.11 Å². The zero-order valence-corrected chi connectivity index (χ0v) is 11.5. The fourth-order valence-electron chi connectivity index (χ4n) is 1.96. The van der Waals surface area contributed by atoms with Crippen LogP contribution in [0.2, 0.25) is 0 Å². The van der Waals surface area contributed by atoms with Gasteiger partial charge in [0.05, 0.1) is 7.11 Å². The Kier molecular flexibility index (Phi) is 4.26. The molecule has 1 aliphatic rings. The van der Waals surface area contributed by atoms with Crippen molar-refractivity contribution in [2.24, 2.45) is 5.11 Å². The van der Waals surface area contributed by atoms with Crippen molar-refractivity contribution in [2.75, 3.05) is 13.7 Å². The minimum Gasteiger partial charge on any atom is -0.467 e. The number of carbonyl (C=O) groups excluding carboxylic acids is 2. The summed E-state index contributed by atoms with van der Waals surface area (Å²) >= 11 is 0. The summed E-state index contributed by atoms with van der Waals surface area (Å²) in [7, 11) is 1.18. The molecule has 1 aliphatic heterocycles. The molecule has 0 radical (unpaired) electrons. The molecule has 0 bridgehead atoms. The summed E-state index contributed by atoms with van der Waals surface area (Å²) in [4.78, 5) is 27.7. The Morgan fingerprint density at radius 1 is 1.42 bits per heavy atom. The van der Waals surface area contributed by atoms with Crippen LogP contribution in [0, 0.1) is 0 Å². The zero-order chi connectivity index (χ0) is 14.7. The maximum atomic E-state index is 12.1. The smallest absolute Gasteiger partial charge is 0.411 e. The van der Waals surface area contributed by atoms with Crippen LogP contribution in [0.25, 0.3) is 10.4 Å². The van der Waals surface area contributed by atoms with Gasteiger partial charge in [-0.1, -0.05) is 5.11 Å². The lowest BCUT2D eigenvalue weighted by molar-refractivity contribution is -0.152. The van der Waals surface area contributed by atoms with E-state index in [1.807, 2.05) is 0 Å². The van der Waals surface area contributed by atoms with Gasteiger partial charge in [0.15, 0.2) is 0 Å². The van der Waals surface area contributed by atoms with E-state index in [4.69, 9.17) is 10.3 Å². The molecule has 1 unspecified atom stereocenters. The standard InChI is InChI=1S/C11H18N4O4/c1-10(2,3)19-9(17)15-7-5-6-11(15,13-14-12)8(16)18-4/h5-7H2,1-4H3. The number of nitrogens with zero attached hydrogens (tertiary/aromatic N) is 4. The van der Waals surface area contributed by atoms with E-state index in [-0.39, 0.29) is 13.0 Å². The van der Waals surface area contributed by atoms with Gasteiger partial charge in [0.2, 0.25) is 5.66 Å². The predicted octanol–water partition coefficient (Wildman–Crippen LogP) is 2.20. The first-order valence-corrected chi connectivity index (χ1v) is 5.92. The second-order valence-corrected chi connectivity index (χ2v) is 5.23. The molecule has 1 rings (SSSR count). The Labute approximate surface area is 111 Å². The number of amides is 1. The Balaban J connectivity index is 3.07. The Bertz CT molecular complexity index is 425. The molecule has 1 saturated heterocycles. The first-order valence-electron chi connectivity index (χ1n) is 5.92. The number of methoxy groups -OCH3 is 1.